The molecule has 3 nitrogen and oxygen atoms in total. The number of nitrogens with two attached hydrogens (primary N) is 1. The predicted molar refractivity (Wildman–Crippen MR) is 87.6 cm³/mol. The summed E-state index contributed by atoms with van der Waals surface area (Å²) in [4.78, 5) is 14.5. The highest BCUT2D eigenvalue weighted by atomic mass is 35.5. The van der Waals surface area contributed by atoms with Gasteiger partial charge in [0.25, 0.3) is 0 Å². The van der Waals surface area contributed by atoms with Gasteiger partial charge in [-0.2, -0.15) is 0 Å². The molecule has 0 bridgehead atoms. The van der Waals surface area contributed by atoms with E-state index in [9.17, 15) is 4.79 Å². The van der Waals surface area contributed by atoms with Gasteiger partial charge in [-0.3, -0.25) is 4.79 Å². The summed E-state index contributed by atoms with van der Waals surface area (Å²) in [5, 5.41) is 1.06. The molecule has 116 valence electrons. The highest BCUT2D eigenvalue weighted by Gasteiger charge is 2.34. The Bertz CT molecular complexity index is 521. The van der Waals surface area contributed by atoms with Crippen LogP contribution in [0.1, 0.15) is 44.7 Å². The fraction of sp³-hybridized carbons (Fsp3) is 0.562. The van der Waals surface area contributed by atoms with Crippen molar-refractivity contribution in [1.29, 1.82) is 0 Å². The Labute approximate surface area is 136 Å². The Balaban J connectivity index is 2.20. The minimum absolute atomic E-state index is 0.0397. The Hall–Kier alpha value is -0.770. The normalized spacial score (nSPS) is 21.4. The Morgan fingerprint density at radius 1 is 1.43 bits per heavy atom. The molecule has 0 spiro atoms. The van der Waals surface area contributed by atoms with Crippen LogP contribution in [0.4, 0.5) is 0 Å². The number of hydrogen-bond donors (Lipinski definition) is 1. The van der Waals surface area contributed by atoms with Gasteiger partial charge in [-0.15, -0.1) is 0 Å². The first-order chi connectivity index (χ1) is 9.95. The number of nitrogens with zero attached hydrogens (tertiary/aromatic N) is 1. The summed E-state index contributed by atoms with van der Waals surface area (Å²) in [6, 6.07) is 5.21. The van der Waals surface area contributed by atoms with Crippen LogP contribution in [0.25, 0.3) is 0 Å². The van der Waals surface area contributed by atoms with Gasteiger partial charge in [0.05, 0.1) is 22.1 Å². The molecule has 5 heteroatoms. The quantitative estimate of drug-likeness (QED) is 0.906. The van der Waals surface area contributed by atoms with Crippen LogP contribution in [0, 0.1) is 5.92 Å². The lowest BCUT2D eigenvalue weighted by Gasteiger charge is -2.30. The van der Waals surface area contributed by atoms with Gasteiger partial charge < -0.3 is 10.6 Å². The molecule has 1 aliphatic heterocycles. The zero-order chi connectivity index (χ0) is 15.6. The molecule has 2 N–H and O–H groups in total. The molecule has 2 rings (SSSR count). The molecule has 1 aliphatic rings. The van der Waals surface area contributed by atoms with Crippen molar-refractivity contribution in [2.75, 3.05) is 6.54 Å². The van der Waals surface area contributed by atoms with Crippen LogP contribution in [0.15, 0.2) is 18.2 Å². The highest BCUT2D eigenvalue weighted by Crippen LogP contribution is 2.35. The number of amides is 1. The largest absolute Gasteiger partial charge is 0.334 e. The maximum Gasteiger partial charge on any atom is 0.240 e. The van der Waals surface area contributed by atoms with Gasteiger partial charge in [-0.05, 0) is 36.5 Å². The minimum atomic E-state index is -0.432. The van der Waals surface area contributed by atoms with Crippen LogP contribution < -0.4 is 5.73 Å². The maximum atomic E-state index is 12.6. The molecule has 0 aliphatic carbocycles. The second kappa shape index (κ2) is 6.99. The molecule has 0 aromatic heterocycles. The van der Waals surface area contributed by atoms with Gasteiger partial charge in [0, 0.05) is 6.54 Å². The molecule has 1 aromatic rings. The van der Waals surface area contributed by atoms with Crippen molar-refractivity contribution < 1.29 is 4.79 Å². The molecular weight excluding hydrogens is 307 g/mol. The lowest BCUT2D eigenvalue weighted by atomic mass is 9.97. The van der Waals surface area contributed by atoms with Gasteiger partial charge in [-0.1, -0.05) is 49.5 Å². The average Bonchev–Trinajstić information content (AvgIpc) is 2.97. The van der Waals surface area contributed by atoms with E-state index in [2.05, 4.69) is 6.92 Å². The number of carbonyl (C=O) groups is 1. The molecule has 1 fully saturated rings. The van der Waals surface area contributed by atoms with Gasteiger partial charge >= 0.3 is 0 Å². The van der Waals surface area contributed by atoms with Gasteiger partial charge in [0.1, 0.15) is 0 Å². The molecule has 1 heterocycles. The summed E-state index contributed by atoms with van der Waals surface area (Å²) in [5.74, 6) is 0.227. The summed E-state index contributed by atoms with van der Waals surface area (Å²) < 4.78 is 0. The van der Waals surface area contributed by atoms with Crippen LogP contribution in [-0.4, -0.2) is 23.4 Å². The van der Waals surface area contributed by atoms with E-state index in [1.54, 1.807) is 6.07 Å². The monoisotopic (exact) mass is 328 g/mol. The first kappa shape index (κ1) is 16.6. The van der Waals surface area contributed by atoms with Crippen LogP contribution >= 0.6 is 23.2 Å². The Morgan fingerprint density at radius 2 is 2.14 bits per heavy atom. The van der Waals surface area contributed by atoms with E-state index in [0.717, 1.165) is 31.4 Å². The minimum Gasteiger partial charge on any atom is -0.334 e. The lowest BCUT2D eigenvalue weighted by Crippen LogP contribution is -2.46. The van der Waals surface area contributed by atoms with E-state index in [4.69, 9.17) is 28.9 Å². The number of likely N-dealkylation sites (tertiary alicyclic amines) is 1. The van der Waals surface area contributed by atoms with E-state index < -0.39 is 6.04 Å². The van der Waals surface area contributed by atoms with Gasteiger partial charge in [-0.25, -0.2) is 0 Å². The van der Waals surface area contributed by atoms with Crippen molar-refractivity contribution in [3.63, 3.8) is 0 Å². The topological polar surface area (TPSA) is 46.3 Å². The third-order valence-electron chi connectivity index (χ3n) is 4.41. The maximum absolute atomic E-state index is 12.6. The third kappa shape index (κ3) is 3.53. The summed E-state index contributed by atoms with van der Waals surface area (Å²) in [5.41, 5.74) is 7.14. The molecule has 1 unspecified atom stereocenters. The molecule has 1 amide bonds. The summed E-state index contributed by atoms with van der Waals surface area (Å²) in [7, 11) is 0. The number of halogens is 2. The van der Waals surface area contributed by atoms with E-state index in [1.807, 2.05) is 24.0 Å². The van der Waals surface area contributed by atoms with E-state index >= 15 is 0 Å². The van der Waals surface area contributed by atoms with Crippen molar-refractivity contribution >= 4 is 29.1 Å². The molecular formula is C16H22Cl2N2O. The van der Waals surface area contributed by atoms with Crippen molar-refractivity contribution in [3.05, 3.63) is 33.8 Å². The second-order valence-electron chi connectivity index (χ2n) is 5.77. The van der Waals surface area contributed by atoms with Crippen molar-refractivity contribution in [3.8, 4) is 0 Å². The molecule has 3 atom stereocenters. The second-order valence-corrected chi connectivity index (χ2v) is 6.59. The Kier molecular flexibility index (Phi) is 5.53. The lowest BCUT2D eigenvalue weighted by molar-refractivity contribution is -0.134. The smallest absolute Gasteiger partial charge is 0.240 e. The SMILES string of the molecule is CC[C@H](C)[C@H](N)C(=O)N1CCCC1c1ccc(Cl)c(Cl)c1. The van der Waals surface area contributed by atoms with Gasteiger partial charge in [0.2, 0.25) is 5.91 Å². The predicted octanol–water partition coefficient (Wildman–Crippen LogP) is 4.03. The molecule has 1 aromatic carbocycles. The Morgan fingerprint density at radius 3 is 2.76 bits per heavy atom. The van der Waals surface area contributed by atoms with Crippen LogP contribution in [-0.2, 0) is 4.79 Å². The summed E-state index contributed by atoms with van der Waals surface area (Å²) in [6.45, 7) is 4.83. The zero-order valence-electron chi connectivity index (χ0n) is 12.5. The van der Waals surface area contributed by atoms with Gasteiger partial charge in [0.15, 0.2) is 0 Å². The standard InChI is InChI=1S/C16H22Cl2N2O/c1-3-10(2)15(19)16(21)20-8-4-5-14(20)11-6-7-12(17)13(18)9-11/h6-7,9-10,14-15H,3-5,8,19H2,1-2H3/t10-,14?,15-/m0/s1. The van der Waals surface area contributed by atoms with E-state index in [0.29, 0.717) is 10.0 Å². The molecule has 21 heavy (non-hydrogen) atoms. The highest BCUT2D eigenvalue weighted by molar-refractivity contribution is 6.42. The zero-order valence-corrected chi connectivity index (χ0v) is 14.0. The fourth-order valence-electron chi connectivity index (χ4n) is 2.79. The first-order valence-electron chi connectivity index (χ1n) is 7.46. The average molecular weight is 329 g/mol. The van der Waals surface area contributed by atoms with Crippen molar-refractivity contribution in [2.24, 2.45) is 11.7 Å². The van der Waals surface area contributed by atoms with E-state index in [1.165, 1.54) is 0 Å². The van der Waals surface area contributed by atoms with Crippen molar-refractivity contribution in [2.45, 2.75) is 45.2 Å². The number of carbonyl (C=O) groups excluding carboxylic acids is 1. The number of hydrogen-bond acceptors (Lipinski definition) is 2. The fourth-order valence-corrected chi connectivity index (χ4v) is 3.09. The van der Waals surface area contributed by atoms with Crippen LogP contribution in [0.3, 0.4) is 0 Å². The molecule has 0 saturated carbocycles. The summed E-state index contributed by atoms with van der Waals surface area (Å²) >= 11 is 12.1. The third-order valence-corrected chi connectivity index (χ3v) is 5.15. The van der Waals surface area contributed by atoms with Crippen LogP contribution in [0.2, 0.25) is 10.0 Å². The summed E-state index contributed by atoms with van der Waals surface area (Å²) in [6.07, 6.45) is 2.83. The number of rotatable bonds is 4. The first-order valence-corrected chi connectivity index (χ1v) is 8.22. The van der Waals surface area contributed by atoms with Crippen LogP contribution in [0.5, 0.6) is 0 Å². The van der Waals surface area contributed by atoms with Crippen molar-refractivity contribution in [1.82, 2.24) is 4.90 Å². The molecule has 0 radical (unpaired) electrons. The number of benzene rings is 1. The molecule has 1 saturated heterocycles. The van der Waals surface area contributed by atoms with E-state index in [-0.39, 0.29) is 17.9 Å².